The summed E-state index contributed by atoms with van der Waals surface area (Å²) in [6.45, 7) is 0.994. The zero-order chi connectivity index (χ0) is 10.8. The van der Waals surface area contributed by atoms with Crippen LogP contribution in [0.2, 0.25) is 0 Å². The van der Waals surface area contributed by atoms with E-state index in [0.29, 0.717) is 6.61 Å². The molecule has 0 aromatic rings. The second-order valence-electron chi connectivity index (χ2n) is 3.63. The van der Waals surface area contributed by atoms with Crippen LogP contribution >= 0.6 is 0 Å². The molecule has 2 aliphatic rings. The van der Waals surface area contributed by atoms with E-state index in [1.807, 2.05) is 0 Å². The summed E-state index contributed by atoms with van der Waals surface area (Å²) in [5, 5.41) is 33.7. The topological polar surface area (TPSA) is 103 Å². The Labute approximate surface area is 87.0 Å². The van der Waals surface area contributed by atoms with Crippen molar-refractivity contribution in [2.45, 2.75) is 30.9 Å². The lowest BCUT2D eigenvalue weighted by molar-refractivity contribution is -0.0646. The lowest BCUT2D eigenvalue weighted by atomic mass is 10.1. The zero-order valence-electron chi connectivity index (χ0n) is 8.17. The summed E-state index contributed by atoms with van der Waals surface area (Å²) in [6, 6.07) is 0. The highest BCUT2D eigenvalue weighted by Gasteiger charge is 2.43. The van der Waals surface area contributed by atoms with Crippen molar-refractivity contribution < 1.29 is 24.8 Å². The normalized spacial score (nSPS) is 46.2. The van der Waals surface area contributed by atoms with E-state index in [0.717, 1.165) is 6.54 Å². The minimum absolute atomic E-state index is 0.324. The van der Waals surface area contributed by atoms with Gasteiger partial charge in [0.2, 0.25) is 0 Å². The van der Waals surface area contributed by atoms with E-state index >= 15 is 0 Å². The predicted molar refractivity (Wildman–Crippen MR) is 48.6 cm³/mol. The summed E-state index contributed by atoms with van der Waals surface area (Å²) in [7, 11) is 0. The summed E-state index contributed by atoms with van der Waals surface area (Å²) < 4.78 is 10.4. The van der Waals surface area contributed by atoms with Crippen LogP contribution < -0.4 is 10.6 Å². The number of aliphatic hydroxyl groups excluding tert-OH is 3. The molecule has 0 saturated carbocycles. The van der Waals surface area contributed by atoms with Crippen molar-refractivity contribution in [2.75, 3.05) is 19.8 Å². The number of nitrogens with one attached hydrogen (secondary N) is 2. The standard InChI is InChI=1S/C8H16N2O5/c11-3-4-5(12)6(13)7(15-4)10-8-9-1-2-14-8/h4-13H,1-3H2/t4-,5-,6-,7?,8?/m1/s1. The predicted octanol–water partition coefficient (Wildman–Crippen LogP) is -3.08. The summed E-state index contributed by atoms with van der Waals surface area (Å²) >= 11 is 0. The number of rotatable bonds is 3. The van der Waals surface area contributed by atoms with E-state index in [4.69, 9.17) is 14.6 Å². The maximum absolute atomic E-state index is 9.59. The molecule has 0 bridgehead atoms. The highest BCUT2D eigenvalue weighted by Crippen LogP contribution is 2.19. The molecule has 88 valence electrons. The highest BCUT2D eigenvalue weighted by atomic mass is 16.6. The van der Waals surface area contributed by atoms with E-state index in [1.165, 1.54) is 0 Å². The summed E-state index contributed by atoms with van der Waals surface area (Å²) in [5.74, 6) is 0. The Morgan fingerprint density at radius 2 is 2.13 bits per heavy atom. The van der Waals surface area contributed by atoms with Crippen LogP contribution in [0.3, 0.4) is 0 Å². The molecule has 5 N–H and O–H groups in total. The first-order valence-electron chi connectivity index (χ1n) is 4.96. The van der Waals surface area contributed by atoms with Gasteiger partial charge in [0, 0.05) is 6.54 Å². The highest BCUT2D eigenvalue weighted by molar-refractivity contribution is 4.89. The first kappa shape index (κ1) is 11.2. The van der Waals surface area contributed by atoms with Crippen LogP contribution in [-0.2, 0) is 9.47 Å². The molecule has 0 aliphatic carbocycles. The molecule has 0 radical (unpaired) electrons. The molecule has 0 spiro atoms. The second kappa shape index (κ2) is 4.71. The van der Waals surface area contributed by atoms with E-state index in [1.54, 1.807) is 0 Å². The van der Waals surface area contributed by atoms with E-state index < -0.39 is 24.5 Å². The third-order valence-electron chi connectivity index (χ3n) is 2.57. The minimum Gasteiger partial charge on any atom is -0.394 e. The fourth-order valence-electron chi connectivity index (χ4n) is 1.72. The Morgan fingerprint density at radius 3 is 2.67 bits per heavy atom. The molecule has 2 rings (SSSR count). The van der Waals surface area contributed by atoms with Gasteiger partial charge in [0.15, 0.2) is 6.35 Å². The van der Waals surface area contributed by atoms with Gasteiger partial charge >= 0.3 is 0 Å². The van der Waals surface area contributed by atoms with Gasteiger partial charge in [-0.25, -0.2) is 0 Å². The number of ether oxygens (including phenoxy) is 2. The molecule has 5 atom stereocenters. The van der Waals surface area contributed by atoms with E-state index in [2.05, 4.69) is 10.6 Å². The van der Waals surface area contributed by atoms with Gasteiger partial charge in [-0.15, -0.1) is 0 Å². The number of aliphatic hydroxyl groups is 3. The van der Waals surface area contributed by atoms with Gasteiger partial charge in [-0.1, -0.05) is 0 Å². The molecular formula is C8H16N2O5. The molecule has 2 heterocycles. The third kappa shape index (κ3) is 2.28. The van der Waals surface area contributed by atoms with E-state index in [-0.39, 0.29) is 13.0 Å². The van der Waals surface area contributed by atoms with Crippen molar-refractivity contribution in [3.8, 4) is 0 Å². The van der Waals surface area contributed by atoms with Crippen LogP contribution in [-0.4, -0.2) is 66.0 Å². The summed E-state index contributed by atoms with van der Waals surface area (Å²) in [5.41, 5.74) is 0. The molecule has 7 heteroatoms. The maximum Gasteiger partial charge on any atom is 0.165 e. The fourth-order valence-corrected chi connectivity index (χ4v) is 1.72. The molecular weight excluding hydrogens is 204 g/mol. The Hall–Kier alpha value is -0.280. The molecule has 2 unspecified atom stereocenters. The zero-order valence-corrected chi connectivity index (χ0v) is 8.17. The summed E-state index contributed by atoms with van der Waals surface area (Å²) in [4.78, 5) is 0. The Kier molecular flexibility index (Phi) is 3.52. The van der Waals surface area contributed by atoms with Crippen LogP contribution in [0.5, 0.6) is 0 Å². The molecule has 0 aromatic heterocycles. The largest absolute Gasteiger partial charge is 0.394 e. The Balaban J connectivity index is 1.87. The minimum atomic E-state index is -1.08. The third-order valence-corrected chi connectivity index (χ3v) is 2.57. The van der Waals surface area contributed by atoms with E-state index in [9.17, 15) is 10.2 Å². The molecule has 0 aromatic carbocycles. The SMILES string of the molecule is OC[C@H]1OC(NC2NCCO2)[C@H](O)[C@@H]1O. The van der Waals surface area contributed by atoms with Crippen molar-refractivity contribution in [3.63, 3.8) is 0 Å². The average molecular weight is 220 g/mol. The van der Waals surface area contributed by atoms with Crippen LogP contribution in [0.25, 0.3) is 0 Å². The lowest BCUT2D eigenvalue weighted by Gasteiger charge is -2.20. The lowest BCUT2D eigenvalue weighted by Crippen LogP contribution is -2.50. The first-order valence-corrected chi connectivity index (χ1v) is 4.96. The smallest absolute Gasteiger partial charge is 0.165 e. The quantitative estimate of drug-likeness (QED) is 0.343. The second-order valence-corrected chi connectivity index (χ2v) is 3.63. The van der Waals surface area contributed by atoms with Gasteiger partial charge in [-0.2, -0.15) is 0 Å². The van der Waals surface area contributed by atoms with Gasteiger partial charge in [0.1, 0.15) is 24.5 Å². The van der Waals surface area contributed by atoms with Crippen LogP contribution in [0.1, 0.15) is 0 Å². The van der Waals surface area contributed by atoms with Crippen molar-refractivity contribution in [2.24, 2.45) is 0 Å². The summed E-state index contributed by atoms with van der Waals surface area (Å²) in [6.07, 6.45) is -4.00. The van der Waals surface area contributed by atoms with Crippen LogP contribution in [0.4, 0.5) is 0 Å². The number of hydrogen-bond acceptors (Lipinski definition) is 7. The Bertz CT molecular complexity index is 211. The molecule has 2 aliphatic heterocycles. The maximum atomic E-state index is 9.59. The molecule has 15 heavy (non-hydrogen) atoms. The molecule has 2 saturated heterocycles. The van der Waals surface area contributed by atoms with Gasteiger partial charge in [0.05, 0.1) is 13.2 Å². The fraction of sp³-hybridized carbons (Fsp3) is 1.00. The average Bonchev–Trinajstić information content (AvgIpc) is 2.82. The van der Waals surface area contributed by atoms with Crippen molar-refractivity contribution in [1.82, 2.24) is 10.6 Å². The van der Waals surface area contributed by atoms with Gasteiger partial charge in [-0.05, 0) is 0 Å². The van der Waals surface area contributed by atoms with Crippen molar-refractivity contribution in [3.05, 3.63) is 0 Å². The first-order chi connectivity index (χ1) is 7.22. The molecule has 0 amide bonds. The molecule has 2 fully saturated rings. The van der Waals surface area contributed by atoms with Gasteiger partial charge < -0.3 is 24.8 Å². The Morgan fingerprint density at radius 1 is 1.33 bits per heavy atom. The van der Waals surface area contributed by atoms with Crippen molar-refractivity contribution >= 4 is 0 Å². The van der Waals surface area contributed by atoms with Gasteiger partial charge in [-0.3, -0.25) is 10.6 Å². The molecule has 7 nitrogen and oxygen atoms in total. The van der Waals surface area contributed by atoms with Crippen molar-refractivity contribution in [1.29, 1.82) is 0 Å². The van der Waals surface area contributed by atoms with Gasteiger partial charge in [0.25, 0.3) is 0 Å². The monoisotopic (exact) mass is 220 g/mol. The van der Waals surface area contributed by atoms with Crippen LogP contribution in [0, 0.1) is 0 Å². The number of hydrogen-bond donors (Lipinski definition) is 5. The van der Waals surface area contributed by atoms with Crippen LogP contribution in [0.15, 0.2) is 0 Å².